The number of nitrogens with one attached hydrogen (secondary N) is 1. The van der Waals surface area contributed by atoms with Crippen LogP contribution in [0.1, 0.15) is 18.4 Å². The highest BCUT2D eigenvalue weighted by atomic mass is 16.5. The third-order valence-electron chi connectivity index (χ3n) is 2.28. The number of pyridine rings is 1. The standard InChI is InChI=1S/C12H13N3O2/c1-3-10-14-11(16)7-12(15-10)17-9-5-4-6-13-8(9)2/h4-7H,3H2,1-2H3,(H,14,15,16). The minimum absolute atomic E-state index is 0.214. The van der Waals surface area contributed by atoms with E-state index in [9.17, 15) is 4.79 Å². The molecule has 2 aromatic heterocycles. The van der Waals surface area contributed by atoms with Crippen LogP contribution in [0.15, 0.2) is 29.2 Å². The normalized spacial score (nSPS) is 10.2. The van der Waals surface area contributed by atoms with Crippen molar-refractivity contribution in [3.8, 4) is 11.6 Å². The zero-order chi connectivity index (χ0) is 12.3. The van der Waals surface area contributed by atoms with E-state index in [1.807, 2.05) is 13.8 Å². The largest absolute Gasteiger partial charge is 0.437 e. The Labute approximate surface area is 98.5 Å². The van der Waals surface area contributed by atoms with Gasteiger partial charge in [-0.3, -0.25) is 9.78 Å². The second-order valence-corrected chi connectivity index (χ2v) is 3.57. The van der Waals surface area contributed by atoms with Crippen LogP contribution in [-0.4, -0.2) is 15.0 Å². The smallest absolute Gasteiger partial charge is 0.254 e. The molecule has 2 heterocycles. The maximum atomic E-state index is 11.4. The molecular weight excluding hydrogens is 218 g/mol. The SMILES string of the molecule is CCc1nc(Oc2cccnc2C)cc(=O)[nH]1. The molecule has 0 saturated carbocycles. The van der Waals surface area contributed by atoms with Gasteiger partial charge in [0.1, 0.15) is 5.82 Å². The van der Waals surface area contributed by atoms with Crippen molar-refractivity contribution in [1.82, 2.24) is 15.0 Å². The maximum Gasteiger partial charge on any atom is 0.254 e. The number of H-pyrrole nitrogens is 1. The van der Waals surface area contributed by atoms with Gasteiger partial charge >= 0.3 is 0 Å². The molecule has 0 spiro atoms. The molecule has 0 aliphatic carbocycles. The Balaban J connectivity index is 2.33. The molecule has 0 amide bonds. The molecule has 0 fully saturated rings. The van der Waals surface area contributed by atoms with Gasteiger partial charge in [-0.1, -0.05) is 6.92 Å². The van der Waals surface area contributed by atoms with Crippen LogP contribution in [-0.2, 0) is 6.42 Å². The second-order valence-electron chi connectivity index (χ2n) is 3.57. The molecule has 2 aromatic rings. The van der Waals surface area contributed by atoms with Crippen molar-refractivity contribution >= 4 is 0 Å². The van der Waals surface area contributed by atoms with Crippen LogP contribution in [0.5, 0.6) is 11.6 Å². The zero-order valence-electron chi connectivity index (χ0n) is 9.73. The van der Waals surface area contributed by atoms with Gasteiger partial charge in [0.05, 0.1) is 11.8 Å². The summed E-state index contributed by atoms with van der Waals surface area (Å²) in [7, 11) is 0. The molecule has 0 atom stereocenters. The maximum absolute atomic E-state index is 11.4. The van der Waals surface area contributed by atoms with Gasteiger partial charge in [-0.2, -0.15) is 4.98 Å². The number of rotatable bonds is 3. The summed E-state index contributed by atoms with van der Waals surface area (Å²) in [5.41, 5.74) is 0.543. The van der Waals surface area contributed by atoms with E-state index in [1.165, 1.54) is 6.07 Å². The van der Waals surface area contributed by atoms with Crippen molar-refractivity contribution in [3.63, 3.8) is 0 Å². The Kier molecular flexibility index (Phi) is 3.18. The molecule has 0 aromatic carbocycles. The number of aromatic amines is 1. The number of nitrogens with zero attached hydrogens (tertiary/aromatic N) is 2. The summed E-state index contributed by atoms with van der Waals surface area (Å²) in [5.74, 6) is 1.50. The van der Waals surface area contributed by atoms with Crippen LogP contribution in [0.4, 0.5) is 0 Å². The monoisotopic (exact) mass is 231 g/mol. The first kappa shape index (κ1) is 11.3. The molecule has 17 heavy (non-hydrogen) atoms. The molecule has 2 rings (SSSR count). The summed E-state index contributed by atoms with van der Waals surface area (Å²) in [4.78, 5) is 22.3. The predicted octanol–water partition coefficient (Wildman–Crippen LogP) is 1.83. The first-order valence-corrected chi connectivity index (χ1v) is 5.38. The molecule has 1 N–H and O–H groups in total. The van der Waals surface area contributed by atoms with Gasteiger partial charge in [0, 0.05) is 12.6 Å². The van der Waals surface area contributed by atoms with Gasteiger partial charge in [-0.15, -0.1) is 0 Å². The lowest BCUT2D eigenvalue weighted by atomic mass is 10.3. The van der Waals surface area contributed by atoms with E-state index in [0.717, 1.165) is 5.69 Å². The second kappa shape index (κ2) is 4.78. The number of hydrogen-bond donors (Lipinski definition) is 1. The summed E-state index contributed by atoms with van der Waals surface area (Å²) in [6.45, 7) is 3.75. The molecule has 0 bridgehead atoms. The predicted molar refractivity (Wildman–Crippen MR) is 63.3 cm³/mol. The molecule has 0 unspecified atom stereocenters. The lowest BCUT2D eigenvalue weighted by Gasteiger charge is -2.07. The van der Waals surface area contributed by atoms with Gasteiger partial charge in [-0.25, -0.2) is 0 Å². The Bertz CT molecular complexity index is 578. The molecule has 5 heteroatoms. The van der Waals surface area contributed by atoms with Crippen molar-refractivity contribution in [3.05, 3.63) is 46.3 Å². The van der Waals surface area contributed by atoms with E-state index in [0.29, 0.717) is 23.9 Å². The van der Waals surface area contributed by atoms with Crippen molar-refractivity contribution in [2.24, 2.45) is 0 Å². The highest BCUT2D eigenvalue weighted by molar-refractivity contribution is 5.29. The third-order valence-corrected chi connectivity index (χ3v) is 2.28. The Morgan fingerprint density at radius 3 is 3.00 bits per heavy atom. The number of aryl methyl sites for hydroxylation is 2. The first-order valence-electron chi connectivity index (χ1n) is 5.38. The summed E-state index contributed by atoms with van der Waals surface area (Å²) in [6, 6.07) is 4.89. The van der Waals surface area contributed by atoms with Crippen molar-refractivity contribution in [2.75, 3.05) is 0 Å². The number of hydrogen-bond acceptors (Lipinski definition) is 4. The Morgan fingerprint density at radius 1 is 1.47 bits per heavy atom. The van der Waals surface area contributed by atoms with Gasteiger partial charge in [-0.05, 0) is 19.1 Å². The molecule has 5 nitrogen and oxygen atoms in total. The minimum Gasteiger partial charge on any atom is -0.437 e. The van der Waals surface area contributed by atoms with Gasteiger partial charge in [0.15, 0.2) is 5.75 Å². The molecule has 0 saturated heterocycles. The topological polar surface area (TPSA) is 67.9 Å². The van der Waals surface area contributed by atoms with Crippen LogP contribution >= 0.6 is 0 Å². The van der Waals surface area contributed by atoms with Crippen LogP contribution in [0.3, 0.4) is 0 Å². The van der Waals surface area contributed by atoms with E-state index in [-0.39, 0.29) is 5.56 Å². The van der Waals surface area contributed by atoms with Crippen LogP contribution in [0.2, 0.25) is 0 Å². The Morgan fingerprint density at radius 2 is 2.29 bits per heavy atom. The fraction of sp³-hybridized carbons (Fsp3) is 0.250. The van der Waals surface area contributed by atoms with Crippen LogP contribution in [0.25, 0.3) is 0 Å². The van der Waals surface area contributed by atoms with E-state index in [4.69, 9.17) is 4.74 Å². The van der Waals surface area contributed by atoms with Crippen molar-refractivity contribution in [2.45, 2.75) is 20.3 Å². The minimum atomic E-state index is -0.214. The molecule has 0 aliphatic rings. The summed E-state index contributed by atoms with van der Waals surface area (Å²) in [6.07, 6.45) is 2.34. The third kappa shape index (κ3) is 2.69. The fourth-order valence-corrected chi connectivity index (χ4v) is 1.39. The van der Waals surface area contributed by atoms with E-state index in [2.05, 4.69) is 15.0 Å². The average molecular weight is 231 g/mol. The quantitative estimate of drug-likeness (QED) is 0.875. The van der Waals surface area contributed by atoms with Crippen LogP contribution in [0, 0.1) is 6.92 Å². The first-order chi connectivity index (χ1) is 8.19. The number of aromatic nitrogens is 3. The van der Waals surface area contributed by atoms with Gasteiger partial charge in [0.2, 0.25) is 5.88 Å². The van der Waals surface area contributed by atoms with Gasteiger partial charge < -0.3 is 9.72 Å². The summed E-state index contributed by atoms with van der Waals surface area (Å²) in [5, 5.41) is 0. The van der Waals surface area contributed by atoms with Crippen molar-refractivity contribution in [1.29, 1.82) is 0 Å². The fourth-order valence-electron chi connectivity index (χ4n) is 1.39. The highest BCUT2D eigenvalue weighted by Gasteiger charge is 2.05. The van der Waals surface area contributed by atoms with Gasteiger partial charge in [0.25, 0.3) is 5.56 Å². The Hall–Kier alpha value is -2.17. The number of ether oxygens (including phenoxy) is 1. The van der Waals surface area contributed by atoms with Crippen LogP contribution < -0.4 is 10.3 Å². The molecule has 0 radical (unpaired) electrons. The van der Waals surface area contributed by atoms with E-state index in [1.54, 1.807) is 18.3 Å². The van der Waals surface area contributed by atoms with Crippen molar-refractivity contribution < 1.29 is 4.74 Å². The zero-order valence-corrected chi connectivity index (χ0v) is 9.73. The van der Waals surface area contributed by atoms with E-state index >= 15 is 0 Å². The molecule has 88 valence electrons. The summed E-state index contributed by atoms with van der Waals surface area (Å²) >= 11 is 0. The highest BCUT2D eigenvalue weighted by Crippen LogP contribution is 2.20. The molecular formula is C12H13N3O2. The lowest BCUT2D eigenvalue weighted by Crippen LogP contribution is -2.10. The lowest BCUT2D eigenvalue weighted by molar-refractivity contribution is 0.451. The average Bonchev–Trinajstić information content (AvgIpc) is 2.31. The summed E-state index contributed by atoms with van der Waals surface area (Å²) < 4.78 is 5.54. The van der Waals surface area contributed by atoms with E-state index < -0.39 is 0 Å². The molecule has 0 aliphatic heterocycles.